The Labute approximate surface area is 125 Å². The number of rotatable bonds is 4. The summed E-state index contributed by atoms with van der Waals surface area (Å²) in [5.41, 5.74) is 1.19. The van der Waals surface area contributed by atoms with Gasteiger partial charge in [0.05, 0.1) is 12.0 Å². The first kappa shape index (κ1) is 14.9. The van der Waals surface area contributed by atoms with Gasteiger partial charge < -0.3 is 15.5 Å². The van der Waals surface area contributed by atoms with E-state index in [1.807, 2.05) is 0 Å². The summed E-state index contributed by atoms with van der Waals surface area (Å²) >= 11 is 5.79. The van der Waals surface area contributed by atoms with Crippen LogP contribution in [0.25, 0.3) is 0 Å². The molecule has 21 heavy (non-hydrogen) atoms. The van der Waals surface area contributed by atoms with E-state index in [0.717, 1.165) is 0 Å². The van der Waals surface area contributed by atoms with Gasteiger partial charge in [-0.2, -0.15) is 0 Å². The molecule has 0 saturated carbocycles. The molecule has 2 aromatic carbocycles. The minimum atomic E-state index is -0.921. The van der Waals surface area contributed by atoms with Crippen LogP contribution in [-0.4, -0.2) is 22.1 Å². The number of anilines is 1. The average molecular weight is 306 g/mol. The highest BCUT2D eigenvalue weighted by atomic mass is 35.5. The third-order valence-electron chi connectivity index (χ3n) is 2.77. The summed E-state index contributed by atoms with van der Waals surface area (Å²) in [5.74, 6) is -1.59. The maximum Gasteiger partial charge on any atom is 0.307 e. The number of amides is 1. The van der Waals surface area contributed by atoms with Crippen molar-refractivity contribution >= 4 is 29.2 Å². The number of halogens is 1. The van der Waals surface area contributed by atoms with E-state index in [2.05, 4.69) is 5.32 Å². The number of phenolic OH excluding ortho intramolecular Hbond substituents is 1. The highest BCUT2D eigenvalue weighted by molar-refractivity contribution is 6.31. The van der Waals surface area contributed by atoms with Gasteiger partial charge in [0.1, 0.15) is 5.75 Å². The Morgan fingerprint density at radius 2 is 1.76 bits per heavy atom. The highest BCUT2D eigenvalue weighted by Gasteiger charge is 2.12. The Bertz CT molecular complexity index is 683. The van der Waals surface area contributed by atoms with Crippen LogP contribution in [0.3, 0.4) is 0 Å². The predicted molar refractivity (Wildman–Crippen MR) is 78.9 cm³/mol. The van der Waals surface area contributed by atoms with Gasteiger partial charge in [0.25, 0.3) is 5.91 Å². The van der Waals surface area contributed by atoms with Crippen LogP contribution >= 0.6 is 11.6 Å². The maximum absolute atomic E-state index is 12.0. The molecule has 2 aromatic rings. The zero-order valence-corrected chi connectivity index (χ0v) is 11.6. The SMILES string of the molecule is O=C(O)Cc1ccc(NC(=O)c2cc(Cl)ccc2O)cc1. The van der Waals surface area contributed by atoms with E-state index in [1.54, 1.807) is 24.3 Å². The quantitative estimate of drug-likeness (QED) is 0.810. The molecule has 0 fully saturated rings. The number of hydrogen-bond donors (Lipinski definition) is 3. The number of phenols is 1. The minimum absolute atomic E-state index is 0.0668. The molecule has 0 spiro atoms. The van der Waals surface area contributed by atoms with Crippen molar-refractivity contribution in [3.05, 3.63) is 58.6 Å². The summed E-state index contributed by atoms with van der Waals surface area (Å²) in [5, 5.41) is 21.3. The summed E-state index contributed by atoms with van der Waals surface area (Å²) in [6.07, 6.45) is -0.0801. The van der Waals surface area contributed by atoms with Gasteiger partial charge in [-0.05, 0) is 35.9 Å². The van der Waals surface area contributed by atoms with Gasteiger partial charge in [-0.15, -0.1) is 0 Å². The van der Waals surface area contributed by atoms with Crippen molar-refractivity contribution < 1.29 is 19.8 Å². The van der Waals surface area contributed by atoms with Crippen LogP contribution < -0.4 is 5.32 Å². The molecule has 0 aliphatic rings. The number of aliphatic carboxylic acids is 1. The van der Waals surface area contributed by atoms with E-state index in [-0.39, 0.29) is 17.7 Å². The van der Waals surface area contributed by atoms with Gasteiger partial charge in [-0.25, -0.2) is 0 Å². The monoisotopic (exact) mass is 305 g/mol. The summed E-state index contributed by atoms with van der Waals surface area (Å²) in [6, 6.07) is 10.6. The Morgan fingerprint density at radius 3 is 2.38 bits per heavy atom. The van der Waals surface area contributed by atoms with E-state index < -0.39 is 11.9 Å². The number of benzene rings is 2. The topological polar surface area (TPSA) is 86.6 Å². The van der Waals surface area contributed by atoms with Gasteiger partial charge >= 0.3 is 5.97 Å². The molecule has 0 aliphatic carbocycles. The van der Waals surface area contributed by atoms with Gasteiger partial charge in [0.2, 0.25) is 0 Å². The fraction of sp³-hybridized carbons (Fsp3) is 0.0667. The molecule has 2 rings (SSSR count). The smallest absolute Gasteiger partial charge is 0.307 e. The molecule has 0 aliphatic heterocycles. The van der Waals surface area contributed by atoms with Crippen molar-refractivity contribution in [2.24, 2.45) is 0 Å². The van der Waals surface area contributed by atoms with E-state index in [4.69, 9.17) is 16.7 Å². The lowest BCUT2D eigenvalue weighted by Gasteiger charge is -2.08. The lowest BCUT2D eigenvalue weighted by molar-refractivity contribution is -0.136. The van der Waals surface area contributed by atoms with Crippen LogP contribution in [0.4, 0.5) is 5.69 Å². The molecular weight excluding hydrogens is 294 g/mol. The van der Waals surface area contributed by atoms with Crippen molar-refractivity contribution in [2.75, 3.05) is 5.32 Å². The van der Waals surface area contributed by atoms with E-state index in [0.29, 0.717) is 16.3 Å². The molecule has 1 amide bonds. The molecular formula is C15H12ClNO4. The Morgan fingerprint density at radius 1 is 1.10 bits per heavy atom. The molecule has 5 nitrogen and oxygen atoms in total. The molecule has 108 valence electrons. The van der Waals surface area contributed by atoms with Crippen LogP contribution in [0, 0.1) is 0 Å². The Hall–Kier alpha value is -2.53. The molecule has 0 heterocycles. The van der Waals surface area contributed by atoms with E-state index in [9.17, 15) is 14.7 Å². The standard InChI is InChI=1S/C15H12ClNO4/c16-10-3-6-13(18)12(8-10)15(21)17-11-4-1-9(2-5-11)7-14(19)20/h1-6,8,18H,7H2,(H,17,21)(H,19,20). The van der Waals surface area contributed by atoms with Crippen molar-refractivity contribution in [3.8, 4) is 5.75 Å². The molecule has 0 aromatic heterocycles. The third-order valence-corrected chi connectivity index (χ3v) is 3.01. The van der Waals surface area contributed by atoms with Gasteiger partial charge in [-0.3, -0.25) is 9.59 Å². The largest absolute Gasteiger partial charge is 0.507 e. The molecule has 0 saturated heterocycles. The number of carboxylic acid groups (broad SMARTS) is 1. The first-order chi connectivity index (χ1) is 9.95. The second-order valence-electron chi connectivity index (χ2n) is 4.38. The number of carbonyl (C=O) groups is 2. The van der Waals surface area contributed by atoms with Gasteiger partial charge in [-0.1, -0.05) is 23.7 Å². The number of carbonyl (C=O) groups excluding carboxylic acids is 1. The van der Waals surface area contributed by atoms with Crippen LogP contribution in [0.1, 0.15) is 15.9 Å². The molecule has 0 radical (unpaired) electrons. The molecule has 0 bridgehead atoms. The van der Waals surface area contributed by atoms with Gasteiger partial charge in [0, 0.05) is 10.7 Å². The number of hydrogen-bond acceptors (Lipinski definition) is 3. The van der Waals surface area contributed by atoms with Crippen molar-refractivity contribution in [2.45, 2.75) is 6.42 Å². The number of carboxylic acids is 1. The fourth-order valence-electron chi connectivity index (χ4n) is 1.77. The van der Waals surface area contributed by atoms with Crippen molar-refractivity contribution in [1.82, 2.24) is 0 Å². The van der Waals surface area contributed by atoms with Crippen LogP contribution in [0.2, 0.25) is 5.02 Å². The molecule has 0 unspecified atom stereocenters. The summed E-state index contributed by atoms with van der Waals surface area (Å²) in [6.45, 7) is 0. The molecule has 0 atom stereocenters. The van der Waals surface area contributed by atoms with Crippen molar-refractivity contribution in [1.29, 1.82) is 0 Å². The number of nitrogens with one attached hydrogen (secondary N) is 1. The summed E-state index contributed by atoms with van der Waals surface area (Å²) in [4.78, 5) is 22.6. The second-order valence-corrected chi connectivity index (χ2v) is 4.82. The lowest BCUT2D eigenvalue weighted by atomic mass is 10.1. The normalized spacial score (nSPS) is 10.1. The summed E-state index contributed by atoms with van der Waals surface area (Å²) in [7, 11) is 0. The fourth-order valence-corrected chi connectivity index (χ4v) is 1.94. The van der Waals surface area contributed by atoms with Gasteiger partial charge in [0.15, 0.2) is 0 Å². The molecule has 3 N–H and O–H groups in total. The first-order valence-electron chi connectivity index (χ1n) is 6.06. The van der Waals surface area contributed by atoms with Crippen LogP contribution in [0.5, 0.6) is 5.75 Å². The highest BCUT2D eigenvalue weighted by Crippen LogP contribution is 2.22. The zero-order valence-electron chi connectivity index (χ0n) is 10.8. The predicted octanol–water partition coefficient (Wildman–Crippen LogP) is 2.93. The van der Waals surface area contributed by atoms with E-state index >= 15 is 0 Å². The minimum Gasteiger partial charge on any atom is -0.507 e. The number of aromatic hydroxyl groups is 1. The Kier molecular flexibility index (Phi) is 4.45. The average Bonchev–Trinajstić information content (AvgIpc) is 2.43. The van der Waals surface area contributed by atoms with Crippen molar-refractivity contribution in [3.63, 3.8) is 0 Å². The second kappa shape index (κ2) is 6.28. The zero-order chi connectivity index (χ0) is 15.4. The van der Waals surface area contributed by atoms with Crippen LogP contribution in [-0.2, 0) is 11.2 Å². The Balaban J connectivity index is 2.12. The lowest BCUT2D eigenvalue weighted by Crippen LogP contribution is -2.12. The maximum atomic E-state index is 12.0. The third kappa shape index (κ3) is 3.97. The van der Waals surface area contributed by atoms with E-state index in [1.165, 1.54) is 18.2 Å². The van der Waals surface area contributed by atoms with Crippen LogP contribution in [0.15, 0.2) is 42.5 Å². The molecule has 6 heteroatoms. The first-order valence-corrected chi connectivity index (χ1v) is 6.44. The summed E-state index contributed by atoms with van der Waals surface area (Å²) < 4.78 is 0.